The molecule has 0 aliphatic carbocycles. The number of aromatic nitrogens is 1. The molecular weight excluding hydrogens is 276 g/mol. The second-order valence-corrected chi connectivity index (χ2v) is 5.78. The highest BCUT2D eigenvalue weighted by atomic mass is 35.5. The number of benzene rings is 2. The Hall–Kier alpha value is -1.42. The van der Waals surface area contributed by atoms with Crippen LogP contribution in [-0.4, -0.2) is 11.5 Å². The van der Waals surface area contributed by atoms with Crippen LogP contribution >= 0.6 is 22.9 Å². The number of fused-ring (bicyclic) bond motifs is 1. The highest BCUT2D eigenvalue weighted by molar-refractivity contribution is 7.19. The van der Waals surface area contributed by atoms with Crippen molar-refractivity contribution in [3.05, 3.63) is 64.1 Å². The van der Waals surface area contributed by atoms with Crippen molar-refractivity contribution in [2.75, 3.05) is 6.54 Å². The fraction of sp³-hybridized carbons (Fsp3) is 0.133. The Morgan fingerprint density at radius 1 is 1.11 bits per heavy atom. The molecule has 0 bridgehead atoms. The molecule has 19 heavy (non-hydrogen) atoms. The zero-order valence-corrected chi connectivity index (χ0v) is 11.8. The lowest BCUT2D eigenvalue weighted by molar-refractivity contribution is 0.812. The third kappa shape index (κ3) is 2.37. The molecule has 2 nitrogen and oxygen atoms in total. The summed E-state index contributed by atoms with van der Waals surface area (Å²) in [5, 5.41) is 1.78. The molecule has 0 saturated carbocycles. The zero-order valence-electron chi connectivity index (χ0n) is 10.2. The van der Waals surface area contributed by atoms with Gasteiger partial charge in [-0.1, -0.05) is 48.0 Å². The van der Waals surface area contributed by atoms with Crippen molar-refractivity contribution in [2.45, 2.75) is 5.92 Å². The zero-order chi connectivity index (χ0) is 13.2. The first-order valence-electron chi connectivity index (χ1n) is 6.09. The fourth-order valence-electron chi connectivity index (χ4n) is 2.15. The summed E-state index contributed by atoms with van der Waals surface area (Å²) >= 11 is 7.83. The molecule has 0 aliphatic rings. The molecule has 96 valence electrons. The summed E-state index contributed by atoms with van der Waals surface area (Å²) in [6, 6.07) is 16.0. The Bertz CT molecular complexity index is 694. The minimum atomic E-state index is 0.134. The number of hydrogen-bond donors (Lipinski definition) is 1. The van der Waals surface area contributed by atoms with Gasteiger partial charge in [0.25, 0.3) is 0 Å². The van der Waals surface area contributed by atoms with Gasteiger partial charge in [0.2, 0.25) is 0 Å². The van der Waals surface area contributed by atoms with E-state index in [1.54, 1.807) is 11.3 Å². The van der Waals surface area contributed by atoms with E-state index in [4.69, 9.17) is 17.3 Å². The minimum absolute atomic E-state index is 0.134. The molecule has 4 heteroatoms. The molecule has 1 heterocycles. The lowest BCUT2D eigenvalue weighted by Gasteiger charge is -2.11. The first-order valence-corrected chi connectivity index (χ1v) is 7.29. The fourth-order valence-corrected chi connectivity index (χ4v) is 3.54. The monoisotopic (exact) mass is 288 g/mol. The van der Waals surface area contributed by atoms with Crippen molar-refractivity contribution in [3.63, 3.8) is 0 Å². The van der Waals surface area contributed by atoms with Gasteiger partial charge in [0.15, 0.2) is 0 Å². The largest absolute Gasteiger partial charge is 0.329 e. The van der Waals surface area contributed by atoms with Crippen LogP contribution < -0.4 is 5.73 Å². The van der Waals surface area contributed by atoms with E-state index in [1.807, 2.05) is 36.4 Å². The summed E-state index contributed by atoms with van der Waals surface area (Å²) in [5.74, 6) is 0.134. The van der Waals surface area contributed by atoms with E-state index in [0.29, 0.717) is 6.54 Å². The minimum Gasteiger partial charge on any atom is -0.329 e. The molecule has 1 unspecified atom stereocenters. The molecule has 1 aromatic heterocycles. The SMILES string of the molecule is NCC(c1ccccc1)c1nc2cccc(Cl)c2s1. The average Bonchev–Trinajstić information content (AvgIpc) is 2.86. The first kappa shape index (κ1) is 12.6. The smallest absolute Gasteiger partial charge is 0.103 e. The summed E-state index contributed by atoms with van der Waals surface area (Å²) in [5.41, 5.74) is 8.07. The lowest BCUT2D eigenvalue weighted by Crippen LogP contribution is -2.13. The second-order valence-electron chi connectivity index (χ2n) is 4.34. The van der Waals surface area contributed by atoms with Gasteiger partial charge in [-0.25, -0.2) is 4.98 Å². The van der Waals surface area contributed by atoms with Crippen LogP contribution in [0, 0.1) is 0 Å². The molecule has 3 rings (SSSR count). The van der Waals surface area contributed by atoms with Crippen molar-refractivity contribution < 1.29 is 0 Å². The van der Waals surface area contributed by atoms with E-state index in [9.17, 15) is 0 Å². The molecule has 0 aliphatic heterocycles. The van der Waals surface area contributed by atoms with Crippen molar-refractivity contribution in [1.82, 2.24) is 4.98 Å². The average molecular weight is 289 g/mol. The summed E-state index contributed by atoms with van der Waals surface area (Å²) in [6.07, 6.45) is 0. The van der Waals surface area contributed by atoms with Crippen LogP contribution in [0.15, 0.2) is 48.5 Å². The highest BCUT2D eigenvalue weighted by Crippen LogP contribution is 2.34. The van der Waals surface area contributed by atoms with Crippen LogP contribution in [0.25, 0.3) is 10.2 Å². The van der Waals surface area contributed by atoms with Crippen LogP contribution in [0.4, 0.5) is 0 Å². The summed E-state index contributed by atoms with van der Waals surface area (Å²) in [6.45, 7) is 0.543. The van der Waals surface area contributed by atoms with Crippen LogP contribution in [0.1, 0.15) is 16.5 Å². The normalized spacial score (nSPS) is 12.7. The van der Waals surface area contributed by atoms with Gasteiger partial charge in [-0.2, -0.15) is 0 Å². The van der Waals surface area contributed by atoms with E-state index >= 15 is 0 Å². The number of hydrogen-bond acceptors (Lipinski definition) is 3. The van der Waals surface area contributed by atoms with Gasteiger partial charge in [0.05, 0.1) is 15.2 Å². The van der Waals surface area contributed by atoms with E-state index in [1.165, 1.54) is 5.56 Å². The van der Waals surface area contributed by atoms with Crippen molar-refractivity contribution in [2.24, 2.45) is 5.73 Å². The van der Waals surface area contributed by atoms with E-state index < -0.39 is 0 Å². The Morgan fingerprint density at radius 3 is 2.58 bits per heavy atom. The molecule has 2 aromatic carbocycles. The molecular formula is C15H13ClN2S. The first-order chi connectivity index (χ1) is 9.29. The maximum atomic E-state index is 6.20. The topological polar surface area (TPSA) is 38.9 Å². The molecule has 0 saturated heterocycles. The number of nitrogens with zero attached hydrogens (tertiary/aromatic N) is 1. The molecule has 1 atom stereocenters. The van der Waals surface area contributed by atoms with Gasteiger partial charge in [0, 0.05) is 12.5 Å². The van der Waals surface area contributed by atoms with E-state index in [0.717, 1.165) is 20.2 Å². The number of halogens is 1. The van der Waals surface area contributed by atoms with Gasteiger partial charge in [-0.05, 0) is 17.7 Å². The van der Waals surface area contributed by atoms with Gasteiger partial charge in [-0.15, -0.1) is 11.3 Å². The van der Waals surface area contributed by atoms with E-state index in [2.05, 4.69) is 17.1 Å². The van der Waals surface area contributed by atoms with Gasteiger partial charge >= 0.3 is 0 Å². The van der Waals surface area contributed by atoms with Crippen LogP contribution in [0.3, 0.4) is 0 Å². The third-order valence-electron chi connectivity index (χ3n) is 3.12. The third-order valence-corrected chi connectivity index (χ3v) is 4.76. The van der Waals surface area contributed by atoms with Crippen LogP contribution in [-0.2, 0) is 0 Å². The van der Waals surface area contributed by atoms with Gasteiger partial charge in [-0.3, -0.25) is 0 Å². The quantitative estimate of drug-likeness (QED) is 0.790. The molecule has 0 radical (unpaired) electrons. The number of thiazole rings is 1. The summed E-state index contributed by atoms with van der Waals surface area (Å²) in [7, 11) is 0. The molecule has 0 spiro atoms. The number of nitrogens with two attached hydrogens (primary N) is 1. The second kappa shape index (κ2) is 5.29. The standard InChI is InChI=1S/C15H13ClN2S/c16-12-7-4-8-13-14(12)19-15(18-13)11(9-17)10-5-2-1-3-6-10/h1-8,11H,9,17H2. The maximum absolute atomic E-state index is 6.20. The Morgan fingerprint density at radius 2 is 1.89 bits per heavy atom. The highest BCUT2D eigenvalue weighted by Gasteiger charge is 2.17. The predicted octanol–water partition coefficient (Wildman–Crippen LogP) is 4.04. The Balaban J connectivity index is 2.09. The van der Waals surface area contributed by atoms with Gasteiger partial charge in [0.1, 0.15) is 5.01 Å². The molecule has 0 amide bonds. The Kier molecular flexibility index (Phi) is 3.51. The Labute approximate surface area is 120 Å². The maximum Gasteiger partial charge on any atom is 0.103 e. The van der Waals surface area contributed by atoms with Crippen LogP contribution in [0.2, 0.25) is 5.02 Å². The van der Waals surface area contributed by atoms with Crippen molar-refractivity contribution in [1.29, 1.82) is 0 Å². The summed E-state index contributed by atoms with van der Waals surface area (Å²) in [4.78, 5) is 4.68. The predicted molar refractivity (Wildman–Crippen MR) is 82.0 cm³/mol. The molecule has 2 N–H and O–H groups in total. The lowest BCUT2D eigenvalue weighted by atomic mass is 10.0. The number of rotatable bonds is 3. The molecule has 0 fully saturated rings. The van der Waals surface area contributed by atoms with Crippen molar-refractivity contribution >= 4 is 33.2 Å². The molecule has 3 aromatic rings. The van der Waals surface area contributed by atoms with Crippen molar-refractivity contribution in [3.8, 4) is 0 Å². The van der Waals surface area contributed by atoms with Gasteiger partial charge < -0.3 is 5.73 Å². The van der Waals surface area contributed by atoms with Crippen LogP contribution in [0.5, 0.6) is 0 Å². The summed E-state index contributed by atoms with van der Waals surface area (Å²) < 4.78 is 1.04. The van der Waals surface area contributed by atoms with E-state index in [-0.39, 0.29) is 5.92 Å².